The third-order valence-corrected chi connectivity index (χ3v) is 7.73. The summed E-state index contributed by atoms with van der Waals surface area (Å²) in [5.74, 6) is -2.03. The van der Waals surface area contributed by atoms with E-state index in [0.717, 1.165) is 5.56 Å². The molecule has 1 aromatic rings. The highest BCUT2D eigenvalue weighted by atomic mass is 35.5. The van der Waals surface area contributed by atoms with Crippen LogP contribution >= 0.6 is 35.2 Å². The molecule has 0 bridgehead atoms. The number of halogens is 2. The fourth-order valence-electron chi connectivity index (χ4n) is 5.09. The van der Waals surface area contributed by atoms with Gasteiger partial charge in [-0.25, -0.2) is 4.79 Å². The van der Waals surface area contributed by atoms with Crippen LogP contribution in [-0.4, -0.2) is 66.3 Å². The van der Waals surface area contributed by atoms with Crippen molar-refractivity contribution in [3.8, 4) is 0 Å². The lowest BCUT2D eigenvalue weighted by Gasteiger charge is -2.40. The summed E-state index contributed by atoms with van der Waals surface area (Å²) in [4.78, 5) is 36.5. The molecule has 0 amide bonds. The molecule has 1 N–H and O–H groups in total. The quantitative estimate of drug-likeness (QED) is 0.148. The van der Waals surface area contributed by atoms with Gasteiger partial charge in [0.2, 0.25) is 0 Å². The van der Waals surface area contributed by atoms with E-state index in [2.05, 4.69) is 10.1 Å². The number of fused-ring (bicyclic) bond motifs is 1. The van der Waals surface area contributed by atoms with E-state index in [1.165, 1.54) is 12.0 Å². The molecule has 0 saturated heterocycles. The number of hydrogen-bond acceptors (Lipinski definition) is 10. The maximum Gasteiger partial charge on any atom is 0.330 e. The van der Waals surface area contributed by atoms with E-state index < -0.39 is 46.8 Å². The van der Waals surface area contributed by atoms with Gasteiger partial charge in [-0.1, -0.05) is 29.3 Å². The standard InChI is InChI=1S/C25H35Cl2NO6S.C5H10O2/c1-23(2,3)32-21(29)17-16-18(17)25(28-7,22(30)33-24(4,5)6)20(19(16)34-35-8)31-12-13-9-10-14(26)15(27)11-13;1-5(2,3)7-4-6/h9-11,16-20,28H,12H2,1-8H3;4H,1-3H3/t16?,17?,18?,19?,20?,25-;/m1./s1. The first-order chi connectivity index (χ1) is 19.2. The van der Waals surface area contributed by atoms with Gasteiger partial charge < -0.3 is 28.4 Å². The van der Waals surface area contributed by atoms with Crippen LogP contribution in [0, 0.1) is 17.8 Å². The van der Waals surface area contributed by atoms with Crippen LogP contribution < -0.4 is 5.32 Å². The second-order valence-electron chi connectivity index (χ2n) is 13.3. The van der Waals surface area contributed by atoms with E-state index in [1.807, 2.05) is 47.6 Å². The smallest absolute Gasteiger partial charge is 0.330 e. The summed E-state index contributed by atoms with van der Waals surface area (Å²) in [5, 5.41) is 4.05. The lowest BCUT2D eigenvalue weighted by Crippen LogP contribution is -2.64. The zero-order valence-electron chi connectivity index (χ0n) is 26.3. The lowest BCUT2D eigenvalue weighted by molar-refractivity contribution is -0.176. The molecule has 2 saturated carbocycles. The zero-order valence-corrected chi connectivity index (χ0v) is 28.7. The molecule has 238 valence electrons. The number of carbonyl (C=O) groups excluding carboxylic acids is 3. The molecule has 3 rings (SSSR count). The topological polar surface area (TPSA) is 109 Å². The summed E-state index contributed by atoms with van der Waals surface area (Å²) in [7, 11) is 1.68. The van der Waals surface area contributed by atoms with Crippen molar-refractivity contribution in [2.75, 3.05) is 13.3 Å². The van der Waals surface area contributed by atoms with Crippen LogP contribution in [0.4, 0.5) is 0 Å². The van der Waals surface area contributed by atoms with Crippen molar-refractivity contribution < 1.29 is 37.5 Å². The average Bonchev–Trinajstić information content (AvgIpc) is 3.50. The van der Waals surface area contributed by atoms with Crippen molar-refractivity contribution in [3.05, 3.63) is 33.8 Å². The summed E-state index contributed by atoms with van der Waals surface area (Å²) >= 11 is 13.4. The van der Waals surface area contributed by atoms with Crippen molar-refractivity contribution in [1.82, 2.24) is 5.32 Å². The molecule has 2 aliphatic rings. The van der Waals surface area contributed by atoms with Gasteiger partial charge in [0.15, 0.2) is 0 Å². The Bertz CT molecular complexity index is 1110. The SMILES string of the molecule is CC(C)(C)OC=O.CN[C@@]1(C(=O)OC(C)(C)C)C(OCc2ccc(Cl)c(Cl)c2)C(OSC)C2C(C(=O)OC(C)(C)C)C21. The highest BCUT2D eigenvalue weighted by Crippen LogP contribution is 2.65. The minimum absolute atomic E-state index is 0.165. The minimum Gasteiger partial charge on any atom is -0.462 e. The van der Waals surface area contributed by atoms with E-state index in [9.17, 15) is 14.4 Å². The average molecular weight is 651 g/mol. The Labute approximate surface area is 264 Å². The van der Waals surface area contributed by atoms with Crippen molar-refractivity contribution >= 4 is 53.7 Å². The molecule has 0 spiro atoms. The van der Waals surface area contributed by atoms with Crippen LogP contribution in [0.5, 0.6) is 0 Å². The molecule has 0 heterocycles. The second kappa shape index (κ2) is 14.0. The molecule has 0 aromatic heterocycles. The van der Waals surface area contributed by atoms with E-state index in [1.54, 1.807) is 46.2 Å². The molecule has 6 atom stereocenters. The Morgan fingerprint density at radius 3 is 2.00 bits per heavy atom. The maximum absolute atomic E-state index is 13.8. The Balaban J connectivity index is 0.000000782. The van der Waals surface area contributed by atoms with Gasteiger partial charge in [0.25, 0.3) is 6.47 Å². The molecule has 12 heteroatoms. The van der Waals surface area contributed by atoms with E-state index in [-0.39, 0.29) is 24.1 Å². The maximum atomic E-state index is 13.8. The zero-order chi connectivity index (χ0) is 32.3. The molecule has 5 unspecified atom stereocenters. The predicted molar refractivity (Wildman–Crippen MR) is 164 cm³/mol. The first-order valence-electron chi connectivity index (χ1n) is 13.7. The second-order valence-corrected chi connectivity index (χ2v) is 14.7. The Hall–Kier alpha value is -1.56. The molecule has 9 nitrogen and oxygen atoms in total. The number of esters is 2. The fraction of sp³-hybridized carbons (Fsp3) is 0.700. The summed E-state index contributed by atoms with van der Waals surface area (Å²) in [6.07, 6.45) is 0.524. The number of carbonyl (C=O) groups is 3. The molecule has 42 heavy (non-hydrogen) atoms. The minimum atomic E-state index is -1.31. The highest BCUT2D eigenvalue weighted by molar-refractivity contribution is 7.93. The number of hydrogen-bond donors (Lipinski definition) is 1. The van der Waals surface area contributed by atoms with Crippen molar-refractivity contribution in [1.29, 1.82) is 0 Å². The molecule has 0 radical (unpaired) electrons. The van der Waals surface area contributed by atoms with Gasteiger partial charge in [-0.2, -0.15) is 0 Å². The van der Waals surface area contributed by atoms with Gasteiger partial charge in [0.1, 0.15) is 34.6 Å². The lowest BCUT2D eigenvalue weighted by atomic mass is 9.86. The van der Waals surface area contributed by atoms with Crippen LogP contribution in [0.3, 0.4) is 0 Å². The monoisotopic (exact) mass is 649 g/mol. The largest absolute Gasteiger partial charge is 0.462 e. The number of ether oxygens (including phenoxy) is 4. The Kier molecular flexibility index (Phi) is 12.2. The van der Waals surface area contributed by atoms with Gasteiger partial charge in [-0.15, -0.1) is 0 Å². The van der Waals surface area contributed by atoms with Crippen LogP contribution in [0.15, 0.2) is 18.2 Å². The summed E-state index contributed by atoms with van der Waals surface area (Å²) in [5.41, 5.74) is -2.22. The first kappa shape index (κ1) is 36.6. The Morgan fingerprint density at radius 1 is 0.976 bits per heavy atom. The summed E-state index contributed by atoms with van der Waals surface area (Å²) in [6, 6.07) is 5.23. The third-order valence-electron chi connectivity index (χ3n) is 6.58. The van der Waals surface area contributed by atoms with Gasteiger partial charge in [0.05, 0.1) is 22.6 Å². The van der Waals surface area contributed by atoms with Crippen LogP contribution in [0.1, 0.15) is 67.9 Å². The van der Waals surface area contributed by atoms with E-state index in [0.29, 0.717) is 16.5 Å². The number of rotatable bonds is 9. The van der Waals surface area contributed by atoms with Crippen LogP contribution in [0.25, 0.3) is 0 Å². The van der Waals surface area contributed by atoms with Gasteiger partial charge in [0, 0.05) is 18.1 Å². The first-order valence-corrected chi connectivity index (χ1v) is 15.6. The fourth-order valence-corrected chi connectivity index (χ4v) is 5.86. The normalized spacial score (nSPS) is 26.8. The molecular formula is C30H45Cl2NO8S. The Morgan fingerprint density at radius 2 is 1.57 bits per heavy atom. The number of likely N-dealkylation sites (N-methyl/N-ethyl adjacent to an activating group) is 1. The summed E-state index contributed by atoms with van der Waals surface area (Å²) < 4.78 is 28.5. The highest BCUT2D eigenvalue weighted by Gasteiger charge is 2.81. The van der Waals surface area contributed by atoms with E-state index >= 15 is 0 Å². The van der Waals surface area contributed by atoms with Crippen molar-refractivity contribution in [2.24, 2.45) is 17.8 Å². The molecule has 2 aliphatic carbocycles. The van der Waals surface area contributed by atoms with Crippen LogP contribution in [-0.2, 0) is 44.1 Å². The van der Waals surface area contributed by atoms with Crippen molar-refractivity contribution in [3.63, 3.8) is 0 Å². The van der Waals surface area contributed by atoms with Gasteiger partial charge in [-0.3, -0.25) is 9.59 Å². The van der Waals surface area contributed by atoms with Crippen molar-refractivity contribution in [2.45, 2.75) is 103 Å². The van der Waals surface area contributed by atoms with E-state index in [4.69, 9.17) is 41.6 Å². The third kappa shape index (κ3) is 9.22. The predicted octanol–water partition coefficient (Wildman–Crippen LogP) is 6.02. The summed E-state index contributed by atoms with van der Waals surface area (Å²) in [6.45, 7) is 17.0. The van der Waals surface area contributed by atoms with Crippen LogP contribution in [0.2, 0.25) is 10.0 Å². The van der Waals surface area contributed by atoms with Gasteiger partial charge >= 0.3 is 11.9 Å². The van der Waals surface area contributed by atoms with Gasteiger partial charge in [-0.05, 0) is 99.1 Å². The number of benzene rings is 1. The number of nitrogens with one attached hydrogen (secondary N) is 1. The molecule has 1 aromatic carbocycles. The molecule has 0 aliphatic heterocycles. The molecular weight excluding hydrogens is 605 g/mol. The molecule has 2 fully saturated rings.